The van der Waals surface area contributed by atoms with E-state index in [1.54, 1.807) is 0 Å². The molecule has 0 aliphatic rings. The molecular formula is HB2F2Si. The molecule has 0 aliphatic carbocycles. The van der Waals surface area contributed by atoms with E-state index in [1.807, 2.05) is 0 Å². The summed E-state index contributed by atoms with van der Waals surface area (Å²) >= 11 is 0. The van der Waals surface area contributed by atoms with Crippen molar-refractivity contribution in [3.63, 3.8) is 0 Å². The van der Waals surface area contributed by atoms with Crippen molar-refractivity contribution in [3.05, 3.63) is 0 Å². The first-order valence-corrected chi connectivity index (χ1v) is 2.87. The monoisotopic (exact) mass is 89.0 g/mol. The van der Waals surface area contributed by atoms with Gasteiger partial charge >= 0.3 is 7.15 Å². The van der Waals surface area contributed by atoms with Crippen LogP contribution >= 0.6 is 0 Å². The Bertz CT molecular complexity index is 21.6. The third-order valence-electron chi connectivity index (χ3n) is 0.120. The zero-order valence-corrected chi connectivity index (χ0v) is 3.64. The minimum absolute atomic E-state index is 0.0833. The van der Waals surface area contributed by atoms with Crippen LogP contribution in [0.1, 0.15) is 0 Å². The molecule has 3 radical (unpaired) electrons. The van der Waals surface area contributed by atoms with E-state index in [2.05, 4.69) is 7.44 Å². The van der Waals surface area contributed by atoms with Crippen molar-refractivity contribution in [1.29, 1.82) is 0 Å². The Balaban J connectivity index is 2.54. The van der Waals surface area contributed by atoms with E-state index in [-0.39, 0.29) is 7.15 Å². The van der Waals surface area contributed by atoms with Crippen LogP contribution in [-0.2, 0) is 0 Å². The van der Waals surface area contributed by atoms with Gasteiger partial charge in [-0.25, -0.2) is 0 Å². The first kappa shape index (κ1) is 5.21. The van der Waals surface area contributed by atoms with Crippen molar-refractivity contribution >= 4 is 23.5 Å². The summed E-state index contributed by atoms with van der Waals surface area (Å²) in [5, 5.41) is 0. The van der Waals surface area contributed by atoms with Gasteiger partial charge in [-0.2, -0.15) is 0 Å². The van der Waals surface area contributed by atoms with Crippen molar-refractivity contribution in [1.82, 2.24) is 0 Å². The van der Waals surface area contributed by atoms with Crippen LogP contribution in [0.15, 0.2) is 0 Å². The zero-order valence-electron chi connectivity index (χ0n) is 2.49. The Kier molecular flexibility index (Phi) is 2.55. The largest absolute Gasteiger partial charge is 0.365 e. The molecule has 0 aliphatic heterocycles. The first-order valence-electron chi connectivity index (χ1n) is 1.10. The van der Waals surface area contributed by atoms with Crippen LogP contribution in [0.5, 0.6) is 0 Å². The van der Waals surface area contributed by atoms with Gasteiger partial charge in [0, 0.05) is 0 Å². The quantitative estimate of drug-likeness (QED) is 0.298. The van der Waals surface area contributed by atoms with E-state index in [0.717, 1.165) is 0 Å². The van der Waals surface area contributed by atoms with Crippen molar-refractivity contribution in [3.8, 4) is 0 Å². The van der Waals surface area contributed by atoms with Crippen LogP contribution in [0, 0.1) is 0 Å². The molecule has 0 aromatic rings. The molecular weight excluding hydrogens is 87.7 g/mol. The number of hydrogen-bond donors (Lipinski definition) is 0. The highest BCUT2D eigenvalue weighted by atomic mass is 28.3. The van der Waals surface area contributed by atoms with Crippen LogP contribution in [0.4, 0.5) is 8.42 Å². The minimum atomic E-state index is -2.94. The maximum atomic E-state index is 10.9. The van der Waals surface area contributed by atoms with Gasteiger partial charge in [-0.3, -0.25) is 0 Å². The molecule has 1 unspecified atom stereocenters. The standard InChI is InChI=1S/B2F2HSi/c1-5(4)2-3/h5H. The second kappa shape index (κ2) is 2.44. The number of hydrogen-bond acceptors (Lipinski definition) is 0. The fraction of sp³-hybridized carbons (Fsp3) is 0. The third kappa shape index (κ3) is 4.21. The molecule has 25 valence electrons. The highest BCUT2D eigenvalue weighted by molar-refractivity contribution is 7.29. The summed E-state index contributed by atoms with van der Waals surface area (Å²) in [5.41, 5.74) is 0. The predicted molar refractivity (Wildman–Crippen MR) is 20.9 cm³/mol. The summed E-state index contributed by atoms with van der Waals surface area (Å²) in [6.07, 6.45) is 0. The summed E-state index contributed by atoms with van der Waals surface area (Å²) in [6.45, 7) is 0. The predicted octanol–water partition coefficient (Wildman–Crippen LogP) is -0.570. The molecule has 5 heavy (non-hydrogen) atoms. The summed E-state index contributed by atoms with van der Waals surface area (Å²) in [4.78, 5) is 0. The van der Waals surface area contributed by atoms with Gasteiger partial charge in [0.2, 0.25) is 0 Å². The van der Waals surface area contributed by atoms with E-state index >= 15 is 0 Å². The van der Waals surface area contributed by atoms with Crippen molar-refractivity contribution < 1.29 is 8.42 Å². The topological polar surface area (TPSA) is 0 Å². The molecule has 0 bridgehead atoms. The molecule has 0 spiro atoms. The molecule has 0 amide bonds. The van der Waals surface area contributed by atoms with Gasteiger partial charge in [-0.05, 0) is 0 Å². The molecule has 0 fully saturated rings. The fourth-order valence-electron chi connectivity index (χ4n) is 0. The number of rotatable bonds is 1. The van der Waals surface area contributed by atoms with E-state index < -0.39 is 8.87 Å². The molecule has 1 atom stereocenters. The lowest BCUT2D eigenvalue weighted by atomic mass is 10.6. The summed E-state index contributed by atoms with van der Waals surface area (Å²) in [5.74, 6) is 0. The highest BCUT2D eigenvalue weighted by Gasteiger charge is 1.99. The lowest BCUT2D eigenvalue weighted by Gasteiger charge is -1.76. The van der Waals surface area contributed by atoms with Gasteiger partial charge in [-0.15, -0.1) is 0 Å². The second-order valence-electron chi connectivity index (χ2n) is 0.570. The van der Waals surface area contributed by atoms with Gasteiger partial charge in [0.25, 0.3) is 0 Å². The molecule has 0 rings (SSSR count). The molecule has 0 N–H and O–H groups in total. The van der Waals surface area contributed by atoms with E-state index in [0.29, 0.717) is 0 Å². The van der Waals surface area contributed by atoms with Crippen molar-refractivity contribution in [2.45, 2.75) is 0 Å². The lowest BCUT2D eigenvalue weighted by Crippen LogP contribution is -2.11. The smallest absolute Gasteiger partial charge is 0.345 e. The fourth-order valence-corrected chi connectivity index (χ4v) is 0. The minimum Gasteiger partial charge on any atom is -0.345 e. The van der Waals surface area contributed by atoms with E-state index in [9.17, 15) is 8.42 Å². The summed E-state index contributed by atoms with van der Waals surface area (Å²) in [6, 6.07) is 0. The molecule has 0 saturated carbocycles. The van der Waals surface area contributed by atoms with E-state index in [1.165, 1.54) is 0 Å². The maximum Gasteiger partial charge on any atom is 0.365 e. The van der Waals surface area contributed by atoms with Crippen LogP contribution in [0.3, 0.4) is 0 Å². The SMILES string of the molecule is [B][SiH](F)[B]F. The maximum absolute atomic E-state index is 10.9. The van der Waals surface area contributed by atoms with Gasteiger partial charge in [0.05, 0.1) is 7.44 Å². The van der Waals surface area contributed by atoms with Crippen LogP contribution in [0.25, 0.3) is 0 Å². The van der Waals surface area contributed by atoms with Crippen LogP contribution in [-0.4, -0.2) is 23.5 Å². The highest BCUT2D eigenvalue weighted by Crippen LogP contribution is 1.68. The average Bonchev–Trinajstić information content (AvgIpc) is 1.38. The average molecular weight is 88.7 g/mol. The van der Waals surface area contributed by atoms with Gasteiger partial charge in [0.15, 0.2) is 8.87 Å². The lowest BCUT2D eigenvalue weighted by molar-refractivity contribution is 0.845. The molecule has 0 saturated heterocycles. The Morgan fingerprint density at radius 1 is 1.80 bits per heavy atom. The van der Waals surface area contributed by atoms with Crippen molar-refractivity contribution in [2.24, 2.45) is 0 Å². The third-order valence-corrected chi connectivity index (χ3v) is 0.361. The molecule has 0 heterocycles. The summed E-state index contributed by atoms with van der Waals surface area (Å²) in [7, 11) is 1.31. The summed E-state index contributed by atoms with van der Waals surface area (Å²) < 4.78 is 21.5. The number of halogens is 2. The van der Waals surface area contributed by atoms with Gasteiger partial charge in [0.1, 0.15) is 0 Å². The zero-order chi connectivity index (χ0) is 4.28. The normalized spacial score (nSPS) is 14.0. The van der Waals surface area contributed by atoms with Crippen molar-refractivity contribution in [2.75, 3.05) is 0 Å². The molecule has 0 aromatic carbocycles. The Morgan fingerprint density at radius 2 is 2.00 bits per heavy atom. The first-order chi connectivity index (χ1) is 2.27. The van der Waals surface area contributed by atoms with Gasteiger partial charge < -0.3 is 8.42 Å². The Morgan fingerprint density at radius 3 is 2.00 bits per heavy atom. The van der Waals surface area contributed by atoms with E-state index in [4.69, 9.17) is 0 Å². The van der Waals surface area contributed by atoms with Crippen LogP contribution < -0.4 is 0 Å². The van der Waals surface area contributed by atoms with Crippen LogP contribution in [0.2, 0.25) is 0 Å². The molecule has 5 heteroatoms. The Labute approximate surface area is 32.9 Å². The molecule has 0 nitrogen and oxygen atoms in total. The second-order valence-corrected chi connectivity index (χ2v) is 1.71. The Hall–Kier alpha value is 0.207. The van der Waals surface area contributed by atoms with Gasteiger partial charge in [-0.1, -0.05) is 0 Å². The molecule has 0 aromatic heterocycles.